The smallest absolute Gasteiger partial charge is 0.123 e. The van der Waals surface area contributed by atoms with Gasteiger partial charge in [-0.25, -0.2) is 0 Å². The molecule has 21 heavy (non-hydrogen) atoms. The van der Waals surface area contributed by atoms with Crippen molar-refractivity contribution in [2.24, 2.45) is 5.92 Å². The van der Waals surface area contributed by atoms with Crippen LogP contribution < -0.4 is 14.8 Å². The van der Waals surface area contributed by atoms with Gasteiger partial charge in [0.15, 0.2) is 0 Å². The zero-order valence-electron chi connectivity index (χ0n) is 14.5. The van der Waals surface area contributed by atoms with Crippen molar-refractivity contribution in [2.75, 3.05) is 26.8 Å². The van der Waals surface area contributed by atoms with Gasteiger partial charge in [-0.15, -0.1) is 0 Å². The molecule has 0 aliphatic heterocycles. The minimum atomic E-state index is 0.0414. The van der Waals surface area contributed by atoms with Crippen LogP contribution >= 0.6 is 0 Å². The zero-order valence-corrected chi connectivity index (χ0v) is 14.5. The topological polar surface area (TPSA) is 30.5 Å². The van der Waals surface area contributed by atoms with Crippen LogP contribution in [-0.2, 0) is 5.41 Å². The molecule has 0 unspecified atom stereocenters. The van der Waals surface area contributed by atoms with Crippen LogP contribution in [0.25, 0.3) is 0 Å². The Kier molecular flexibility index (Phi) is 7.03. The molecule has 1 aromatic rings. The van der Waals surface area contributed by atoms with Gasteiger partial charge < -0.3 is 14.8 Å². The first-order chi connectivity index (χ1) is 9.84. The van der Waals surface area contributed by atoms with E-state index in [1.165, 1.54) is 5.56 Å². The Balaban J connectivity index is 2.54. The highest BCUT2D eigenvalue weighted by Crippen LogP contribution is 2.34. The fraction of sp³-hybridized carbons (Fsp3) is 0.667. The van der Waals surface area contributed by atoms with Crippen LogP contribution in [0.1, 0.15) is 46.6 Å². The van der Waals surface area contributed by atoms with Crippen LogP contribution in [0.5, 0.6) is 11.5 Å². The molecule has 0 saturated heterocycles. The summed E-state index contributed by atoms with van der Waals surface area (Å²) in [6, 6.07) is 6.05. The van der Waals surface area contributed by atoms with Crippen molar-refractivity contribution in [3.63, 3.8) is 0 Å². The van der Waals surface area contributed by atoms with Gasteiger partial charge in [0.1, 0.15) is 11.5 Å². The quantitative estimate of drug-likeness (QED) is 0.735. The molecule has 0 amide bonds. The maximum Gasteiger partial charge on any atom is 0.123 e. The van der Waals surface area contributed by atoms with Crippen molar-refractivity contribution in [2.45, 2.75) is 46.5 Å². The van der Waals surface area contributed by atoms with Crippen molar-refractivity contribution in [1.82, 2.24) is 5.32 Å². The summed E-state index contributed by atoms with van der Waals surface area (Å²) in [5.74, 6) is 2.54. The average molecular weight is 293 g/mol. The van der Waals surface area contributed by atoms with Gasteiger partial charge in [0.2, 0.25) is 0 Å². The summed E-state index contributed by atoms with van der Waals surface area (Å²) in [6.07, 6.45) is 1.02. The molecule has 1 N–H and O–H groups in total. The van der Waals surface area contributed by atoms with Crippen LogP contribution in [0.15, 0.2) is 18.2 Å². The molecular weight excluding hydrogens is 262 g/mol. The Morgan fingerprint density at radius 3 is 2.48 bits per heavy atom. The molecule has 3 heteroatoms. The van der Waals surface area contributed by atoms with Crippen molar-refractivity contribution in [3.8, 4) is 11.5 Å². The Bertz CT molecular complexity index is 422. The standard InChI is InChI=1S/C18H31NO2/c1-14(2)13-19-10-7-11-21-17-9-8-15(20-6)12-16(17)18(3,4)5/h8-9,12,14,19H,7,10-11,13H2,1-6H3. The fourth-order valence-corrected chi connectivity index (χ4v) is 2.12. The summed E-state index contributed by atoms with van der Waals surface area (Å²) in [7, 11) is 1.70. The number of hydrogen-bond donors (Lipinski definition) is 1. The number of ether oxygens (including phenoxy) is 2. The third-order valence-electron chi connectivity index (χ3n) is 3.30. The largest absolute Gasteiger partial charge is 0.497 e. The van der Waals surface area contributed by atoms with E-state index in [-0.39, 0.29) is 5.41 Å². The first-order valence-electron chi connectivity index (χ1n) is 7.86. The average Bonchev–Trinajstić information content (AvgIpc) is 2.41. The maximum absolute atomic E-state index is 5.97. The number of methoxy groups -OCH3 is 1. The summed E-state index contributed by atoms with van der Waals surface area (Å²) in [5, 5.41) is 3.43. The van der Waals surface area contributed by atoms with E-state index in [2.05, 4.69) is 46.0 Å². The van der Waals surface area contributed by atoms with E-state index in [9.17, 15) is 0 Å². The highest BCUT2D eigenvalue weighted by molar-refractivity contribution is 5.44. The number of nitrogens with one attached hydrogen (secondary N) is 1. The van der Waals surface area contributed by atoms with Gasteiger partial charge in [0, 0.05) is 5.56 Å². The molecule has 1 aromatic carbocycles. The molecule has 3 nitrogen and oxygen atoms in total. The number of benzene rings is 1. The molecule has 0 radical (unpaired) electrons. The third-order valence-corrected chi connectivity index (χ3v) is 3.30. The lowest BCUT2D eigenvalue weighted by molar-refractivity contribution is 0.298. The zero-order chi connectivity index (χ0) is 15.9. The molecule has 0 bridgehead atoms. The number of rotatable bonds is 8. The third kappa shape index (κ3) is 6.38. The van der Waals surface area contributed by atoms with Crippen molar-refractivity contribution >= 4 is 0 Å². The molecule has 0 aliphatic rings. The van der Waals surface area contributed by atoms with Gasteiger partial charge in [-0.2, -0.15) is 0 Å². The molecule has 1 rings (SSSR count). The van der Waals surface area contributed by atoms with Gasteiger partial charge in [-0.3, -0.25) is 0 Å². The van der Waals surface area contributed by atoms with Gasteiger partial charge in [0.05, 0.1) is 13.7 Å². The molecule has 0 spiro atoms. The predicted molar refractivity (Wildman–Crippen MR) is 89.5 cm³/mol. The van der Waals surface area contributed by atoms with Crippen LogP contribution in [0, 0.1) is 5.92 Å². The molecule has 0 heterocycles. The van der Waals surface area contributed by atoms with E-state index in [0.717, 1.165) is 37.6 Å². The van der Waals surface area contributed by atoms with Crippen LogP contribution in [0.4, 0.5) is 0 Å². The summed E-state index contributed by atoms with van der Waals surface area (Å²) in [6.45, 7) is 13.8. The Morgan fingerprint density at radius 1 is 1.19 bits per heavy atom. The van der Waals surface area contributed by atoms with Crippen molar-refractivity contribution < 1.29 is 9.47 Å². The van der Waals surface area contributed by atoms with E-state index in [1.54, 1.807) is 7.11 Å². The molecule has 120 valence electrons. The Hall–Kier alpha value is -1.22. The second-order valence-electron chi connectivity index (χ2n) is 6.91. The highest BCUT2D eigenvalue weighted by Gasteiger charge is 2.19. The first-order valence-corrected chi connectivity index (χ1v) is 7.86. The van der Waals surface area contributed by atoms with E-state index in [1.807, 2.05) is 12.1 Å². The second-order valence-corrected chi connectivity index (χ2v) is 6.91. The SMILES string of the molecule is COc1ccc(OCCCNCC(C)C)c(C(C)(C)C)c1. The van der Waals surface area contributed by atoms with Crippen LogP contribution in [-0.4, -0.2) is 26.8 Å². The van der Waals surface area contributed by atoms with Gasteiger partial charge in [-0.1, -0.05) is 34.6 Å². The minimum absolute atomic E-state index is 0.0414. The molecule has 0 saturated carbocycles. The fourth-order valence-electron chi connectivity index (χ4n) is 2.12. The molecule has 0 fully saturated rings. The molecule has 0 atom stereocenters. The summed E-state index contributed by atoms with van der Waals surface area (Å²) in [5.41, 5.74) is 1.23. The van der Waals surface area contributed by atoms with Crippen molar-refractivity contribution in [1.29, 1.82) is 0 Å². The normalized spacial score (nSPS) is 11.8. The van der Waals surface area contributed by atoms with E-state index >= 15 is 0 Å². The first kappa shape index (κ1) is 17.8. The minimum Gasteiger partial charge on any atom is -0.497 e. The lowest BCUT2D eigenvalue weighted by Gasteiger charge is -2.23. The Labute approximate surface area is 130 Å². The van der Waals surface area contributed by atoms with Gasteiger partial charge >= 0.3 is 0 Å². The predicted octanol–water partition coefficient (Wildman–Crippen LogP) is 4.01. The summed E-state index contributed by atoms with van der Waals surface area (Å²) in [4.78, 5) is 0. The number of hydrogen-bond acceptors (Lipinski definition) is 3. The van der Waals surface area contributed by atoms with E-state index in [0.29, 0.717) is 5.92 Å². The lowest BCUT2D eigenvalue weighted by Crippen LogP contribution is -2.22. The molecular formula is C18H31NO2. The maximum atomic E-state index is 5.97. The van der Waals surface area contributed by atoms with Crippen molar-refractivity contribution in [3.05, 3.63) is 23.8 Å². The summed E-state index contributed by atoms with van der Waals surface area (Å²) < 4.78 is 11.3. The second kappa shape index (κ2) is 8.28. The van der Waals surface area contributed by atoms with Gasteiger partial charge in [-0.05, 0) is 49.0 Å². The molecule has 0 aliphatic carbocycles. The van der Waals surface area contributed by atoms with E-state index in [4.69, 9.17) is 9.47 Å². The monoisotopic (exact) mass is 293 g/mol. The van der Waals surface area contributed by atoms with E-state index < -0.39 is 0 Å². The highest BCUT2D eigenvalue weighted by atomic mass is 16.5. The van der Waals surface area contributed by atoms with Crippen LogP contribution in [0.2, 0.25) is 0 Å². The summed E-state index contributed by atoms with van der Waals surface area (Å²) >= 11 is 0. The van der Waals surface area contributed by atoms with Gasteiger partial charge in [0.25, 0.3) is 0 Å². The Morgan fingerprint density at radius 2 is 1.90 bits per heavy atom. The lowest BCUT2D eigenvalue weighted by atomic mass is 9.86. The molecule has 0 aromatic heterocycles. The van der Waals surface area contributed by atoms with Crippen LogP contribution in [0.3, 0.4) is 0 Å².